The van der Waals surface area contributed by atoms with Crippen molar-refractivity contribution in [2.24, 2.45) is 11.7 Å². The summed E-state index contributed by atoms with van der Waals surface area (Å²) in [5.41, 5.74) is 7.13. The highest BCUT2D eigenvalue weighted by Crippen LogP contribution is 2.17. The molecule has 1 aliphatic heterocycles. The Balaban J connectivity index is 2.06. The monoisotopic (exact) mass is 360 g/mol. The van der Waals surface area contributed by atoms with Gasteiger partial charge in [0.05, 0.1) is 0 Å². The minimum atomic E-state index is -0.488. The highest BCUT2D eigenvalue weighted by atomic mass is 16.2. The minimum Gasteiger partial charge on any atom is -0.340 e. The van der Waals surface area contributed by atoms with Crippen LogP contribution in [-0.4, -0.2) is 60.9 Å². The average Bonchev–Trinajstić information content (AvgIpc) is 3.10. The number of nitrogens with zero attached hydrogens (tertiary/aromatic N) is 2. The number of hydrogen-bond acceptors (Lipinski definition) is 4. The number of carbonyl (C=O) groups excluding carboxylic acids is 2. The van der Waals surface area contributed by atoms with E-state index in [1.165, 1.54) is 0 Å². The van der Waals surface area contributed by atoms with E-state index in [9.17, 15) is 9.59 Å². The van der Waals surface area contributed by atoms with Crippen LogP contribution in [0.5, 0.6) is 0 Å². The maximum atomic E-state index is 13.0. The lowest BCUT2D eigenvalue weighted by Crippen LogP contribution is -2.49. The van der Waals surface area contributed by atoms with E-state index in [1.807, 2.05) is 31.1 Å². The van der Waals surface area contributed by atoms with Gasteiger partial charge in [0.15, 0.2) is 0 Å². The molecule has 0 radical (unpaired) electrons. The van der Waals surface area contributed by atoms with Crippen molar-refractivity contribution in [1.29, 1.82) is 0 Å². The summed E-state index contributed by atoms with van der Waals surface area (Å²) in [4.78, 5) is 29.6. The normalized spacial score (nSPS) is 18.4. The highest BCUT2D eigenvalue weighted by molar-refractivity contribution is 5.97. The van der Waals surface area contributed by atoms with E-state index in [-0.39, 0.29) is 11.8 Å². The second-order valence-corrected chi connectivity index (χ2v) is 7.75. The molecular weight excluding hydrogens is 328 g/mol. The molecule has 144 valence electrons. The molecule has 0 bridgehead atoms. The lowest BCUT2D eigenvalue weighted by atomic mass is 10.0. The first-order valence-corrected chi connectivity index (χ1v) is 9.37. The van der Waals surface area contributed by atoms with Crippen LogP contribution in [0.25, 0.3) is 0 Å². The van der Waals surface area contributed by atoms with Gasteiger partial charge in [0.1, 0.15) is 6.04 Å². The molecular formula is C20H32N4O2. The van der Waals surface area contributed by atoms with Gasteiger partial charge in [-0.1, -0.05) is 26.0 Å². The molecule has 1 aliphatic rings. The van der Waals surface area contributed by atoms with Gasteiger partial charge in [-0.05, 0) is 50.6 Å². The second kappa shape index (κ2) is 9.14. The van der Waals surface area contributed by atoms with Gasteiger partial charge in [-0.3, -0.25) is 9.59 Å². The molecule has 1 fully saturated rings. The van der Waals surface area contributed by atoms with Gasteiger partial charge < -0.3 is 20.9 Å². The number of likely N-dealkylation sites (N-methyl/N-ethyl adjacent to an activating group) is 1. The molecule has 3 N–H and O–H groups in total. The van der Waals surface area contributed by atoms with Crippen LogP contribution in [0.2, 0.25) is 0 Å². The molecule has 6 heteroatoms. The lowest BCUT2D eigenvalue weighted by Gasteiger charge is -2.26. The molecule has 0 aromatic heterocycles. The van der Waals surface area contributed by atoms with Gasteiger partial charge in [-0.15, -0.1) is 0 Å². The Morgan fingerprint density at radius 3 is 2.42 bits per heavy atom. The van der Waals surface area contributed by atoms with Gasteiger partial charge in [0.2, 0.25) is 5.91 Å². The fourth-order valence-electron chi connectivity index (χ4n) is 3.31. The van der Waals surface area contributed by atoms with Gasteiger partial charge in [0.25, 0.3) is 5.91 Å². The third kappa shape index (κ3) is 5.29. The average molecular weight is 361 g/mol. The Hall–Kier alpha value is -1.92. The molecule has 6 nitrogen and oxygen atoms in total. The summed E-state index contributed by atoms with van der Waals surface area (Å²) < 4.78 is 0. The third-order valence-electron chi connectivity index (χ3n) is 4.97. The molecule has 1 aromatic carbocycles. The Bertz CT molecular complexity index is 613. The van der Waals surface area contributed by atoms with Crippen LogP contribution in [0.3, 0.4) is 0 Å². The number of likely N-dealkylation sites (tertiary alicyclic amines) is 1. The van der Waals surface area contributed by atoms with Crippen LogP contribution in [-0.2, 0) is 11.3 Å². The fraction of sp³-hybridized carbons (Fsp3) is 0.600. The van der Waals surface area contributed by atoms with Gasteiger partial charge in [-0.2, -0.15) is 0 Å². The van der Waals surface area contributed by atoms with E-state index in [2.05, 4.69) is 24.1 Å². The Morgan fingerprint density at radius 2 is 1.92 bits per heavy atom. The summed E-state index contributed by atoms with van der Waals surface area (Å²) in [6.07, 6.45) is 1.61. The lowest BCUT2D eigenvalue weighted by molar-refractivity contribution is -0.132. The van der Waals surface area contributed by atoms with Crippen molar-refractivity contribution in [3.8, 4) is 0 Å². The van der Waals surface area contributed by atoms with Crippen molar-refractivity contribution >= 4 is 11.8 Å². The zero-order valence-corrected chi connectivity index (χ0v) is 16.4. The molecule has 2 rings (SSSR count). The van der Waals surface area contributed by atoms with Gasteiger partial charge in [0, 0.05) is 31.2 Å². The van der Waals surface area contributed by atoms with Crippen LogP contribution in [0.4, 0.5) is 0 Å². The topological polar surface area (TPSA) is 78.7 Å². The Labute approximate surface area is 156 Å². The van der Waals surface area contributed by atoms with Crippen molar-refractivity contribution in [3.05, 3.63) is 35.4 Å². The van der Waals surface area contributed by atoms with Crippen molar-refractivity contribution in [3.63, 3.8) is 0 Å². The van der Waals surface area contributed by atoms with Crippen LogP contribution in [0, 0.1) is 5.92 Å². The largest absolute Gasteiger partial charge is 0.340 e. The van der Waals surface area contributed by atoms with Crippen molar-refractivity contribution in [2.45, 2.75) is 45.3 Å². The standard InChI is InChI=1S/C20H32N4O2/c1-14(2)11-18(20(26)24-10-9-17(13-24)23(3)4)22-19(25)16-7-5-15(12-21)6-8-16/h5-8,14,17-18H,9-13,21H2,1-4H3,(H,22,25)/t17?,18-/m0/s1. The first-order valence-electron chi connectivity index (χ1n) is 9.37. The summed E-state index contributed by atoms with van der Waals surface area (Å²) in [7, 11) is 4.08. The predicted molar refractivity (Wildman–Crippen MR) is 104 cm³/mol. The number of nitrogens with two attached hydrogens (primary N) is 1. The van der Waals surface area contributed by atoms with E-state index < -0.39 is 6.04 Å². The van der Waals surface area contributed by atoms with E-state index in [1.54, 1.807) is 12.1 Å². The fourth-order valence-corrected chi connectivity index (χ4v) is 3.31. The molecule has 0 aliphatic carbocycles. The summed E-state index contributed by atoms with van der Waals surface area (Å²) in [5.74, 6) is 0.127. The van der Waals surface area contributed by atoms with E-state index >= 15 is 0 Å². The van der Waals surface area contributed by atoms with Gasteiger partial charge in [-0.25, -0.2) is 0 Å². The minimum absolute atomic E-state index is 0.0231. The maximum Gasteiger partial charge on any atom is 0.251 e. The maximum absolute atomic E-state index is 13.0. The summed E-state index contributed by atoms with van der Waals surface area (Å²) in [5, 5.41) is 2.95. The molecule has 1 heterocycles. The molecule has 2 atom stereocenters. The number of rotatable bonds is 7. The van der Waals surface area contributed by atoms with Crippen LogP contribution < -0.4 is 11.1 Å². The third-order valence-corrected chi connectivity index (χ3v) is 4.97. The number of amides is 2. The predicted octanol–water partition coefficient (Wildman–Crippen LogP) is 1.45. The molecule has 26 heavy (non-hydrogen) atoms. The zero-order valence-electron chi connectivity index (χ0n) is 16.4. The van der Waals surface area contributed by atoms with E-state index in [4.69, 9.17) is 5.73 Å². The summed E-state index contributed by atoms with van der Waals surface area (Å²) in [6, 6.07) is 7.10. The SMILES string of the molecule is CC(C)C[C@H](NC(=O)c1ccc(CN)cc1)C(=O)N1CCC(N(C)C)C1. The smallest absolute Gasteiger partial charge is 0.251 e. The first kappa shape index (κ1) is 20.4. The van der Waals surface area contributed by atoms with Crippen LogP contribution >= 0.6 is 0 Å². The Kier molecular flexibility index (Phi) is 7.17. The Morgan fingerprint density at radius 1 is 1.27 bits per heavy atom. The molecule has 0 saturated carbocycles. The summed E-state index contributed by atoms with van der Waals surface area (Å²) >= 11 is 0. The van der Waals surface area contributed by atoms with Crippen molar-refractivity contribution in [2.75, 3.05) is 27.2 Å². The van der Waals surface area contributed by atoms with E-state index in [0.29, 0.717) is 30.5 Å². The van der Waals surface area contributed by atoms with Crippen molar-refractivity contribution < 1.29 is 9.59 Å². The van der Waals surface area contributed by atoms with Crippen LogP contribution in [0.15, 0.2) is 24.3 Å². The highest BCUT2D eigenvalue weighted by Gasteiger charge is 2.32. The number of hydrogen-bond donors (Lipinski definition) is 2. The second-order valence-electron chi connectivity index (χ2n) is 7.75. The number of nitrogens with one attached hydrogen (secondary N) is 1. The molecule has 1 saturated heterocycles. The molecule has 0 spiro atoms. The van der Waals surface area contributed by atoms with Crippen LogP contribution in [0.1, 0.15) is 42.6 Å². The van der Waals surface area contributed by atoms with E-state index in [0.717, 1.165) is 25.1 Å². The number of carbonyl (C=O) groups is 2. The zero-order chi connectivity index (χ0) is 19.3. The number of benzene rings is 1. The molecule has 1 aromatic rings. The quantitative estimate of drug-likeness (QED) is 0.771. The van der Waals surface area contributed by atoms with Crippen molar-refractivity contribution in [1.82, 2.24) is 15.1 Å². The molecule has 2 amide bonds. The first-order chi connectivity index (χ1) is 12.3. The molecule has 1 unspecified atom stereocenters. The van der Waals surface area contributed by atoms with Gasteiger partial charge >= 0.3 is 0 Å². The summed E-state index contributed by atoms with van der Waals surface area (Å²) in [6.45, 7) is 6.04.